The molecule has 0 aliphatic carbocycles. The van der Waals surface area contributed by atoms with E-state index in [1.54, 1.807) is 6.20 Å². The minimum atomic E-state index is -0.451. The number of fused-ring (bicyclic) bond motifs is 6. The summed E-state index contributed by atoms with van der Waals surface area (Å²) in [5.74, 6) is 1.68. The Bertz CT molecular complexity index is 3690. The van der Waals surface area contributed by atoms with Crippen LogP contribution in [0.3, 0.4) is 0 Å². The highest BCUT2D eigenvalue weighted by Crippen LogP contribution is 2.38. The molecule has 0 fully saturated rings. The Balaban J connectivity index is 1.04. The highest BCUT2D eigenvalue weighted by Gasteiger charge is 2.25. The number of benzene rings is 7. The van der Waals surface area contributed by atoms with E-state index in [0.717, 1.165) is 72.8 Å². The van der Waals surface area contributed by atoms with Gasteiger partial charge in [0.25, 0.3) is 0 Å². The number of pyridine rings is 2. The first-order valence-corrected chi connectivity index (χ1v) is 22.6. The first-order chi connectivity index (χ1) is 33.7. The summed E-state index contributed by atoms with van der Waals surface area (Å²) in [6.07, 6.45) is 3.14. The minimum absolute atomic E-state index is 0.451. The molecule has 9 heteroatoms. The molecule has 0 saturated carbocycles. The van der Waals surface area contributed by atoms with Gasteiger partial charge in [0.1, 0.15) is 11.9 Å². The summed E-state index contributed by atoms with van der Waals surface area (Å²) in [5.41, 5.74) is 13.0. The van der Waals surface area contributed by atoms with E-state index >= 15 is 0 Å². The molecule has 0 spiro atoms. The molecule has 1 atom stereocenters. The summed E-state index contributed by atoms with van der Waals surface area (Å²) in [6.45, 7) is 0. The van der Waals surface area contributed by atoms with Crippen LogP contribution >= 0.6 is 0 Å². The first kappa shape index (κ1) is 39.1. The van der Waals surface area contributed by atoms with Gasteiger partial charge in [-0.1, -0.05) is 140 Å². The quantitative estimate of drug-likeness (QED) is 0.164. The number of rotatable bonds is 8. The monoisotopic (exact) mass is 873 g/mol. The zero-order chi connectivity index (χ0) is 45.0. The molecule has 1 N–H and O–H groups in total. The Morgan fingerprint density at radius 2 is 0.926 bits per heavy atom. The topological polar surface area (TPSA) is 98.2 Å². The van der Waals surface area contributed by atoms with Crippen molar-refractivity contribution in [3.63, 3.8) is 0 Å². The molecule has 9 nitrogen and oxygen atoms in total. The fraction of sp³-hybridized carbons (Fsp3) is 0.0169. The Kier molecular flexibility index (Phi) is 9.35. The summed E-state index contributed by atoms with van der Waals surface area (Å²) in [5, 5.41) is 8.42. The fourth-order valence-electron chi connectivity index (χ4n) is 9.54. The molecule has 1 aliphatic rings. The predicted octanol–water partition coefficient (Wildman–Crippen LogP) is 13.0. The summed E-state index contributed by atoms with van der Waals surface area (Å²) < 4.78 is 4.75. The number of para-hydroxylation sites is 4. The largest absolute Gasteiger partial charge is 0.343 e. The highest BCUT2D eigenvalue weighted by molar-refractivity contribution is 6.13. The van der Waals surface area contributed by atoms with Gasteiger partial charge in [-0.2, -0.15) is 0 Å². The Hall–Kier alpha value is -9.34. The van der Waals surface area contributed by atoms with Crippen LogP contribution in [0.1, 0.15) is 23.0 Å². The van der Waals surface area contributed by atoms with Crippen molar-refractivity contribution in [3.8, 4) is 45.4 Å². The lowest BCUT2D eigenvalue weighted by atomic mass is 10.1. The number of aliphatic imine (C=N–C) groups is 2. The lowest BCUT2D eigenvalue weighted by Gasteiger charge is -2.23. The van der Waals surface area contributed by atoms with Crippen LogP contribution in [-0.4, -0.2) is 40.7 Å². The Labute approximate surface area is 391 Å². The zero-order valence-corrected chi connectivity index (χ0v) is 36.5. The van der Waals surface area contributed by atoms with Gasteiger partial charge in [0.05, 0.1) is 39.1 Å². The van der Waals surface area contributed by atoms with Crippen molar-refractivity contribution in [3.05, 3.63) is 242 Å². The molecule has 0 bridgehead atoms. The maximum Gasteiger partial charge on any atom is 0.161 e. The molecule has 0 radical (unpaired) electrons. The normalized spacial score (nSPS) is 13.7. The second kappa shape index (κ2) is 16.3. The highest BCUT2D eigenvalue weighted by atomic mass is 15.2. The van der Waals surface area contributed by atoms with Crippen molar-refractivity contribution < 1.29 is 0 Å². The van der Waals surface area contributed by atoms with Gasteiger partial charge in [-0.3, -0.25) is 9.97 Å². The van der Waals surface area contributed by atoms with Gasteiger partial charge in [0.2, 0.25) is 0 Å². The average molecular weight is 874 g/mol. The number of nitrogens with one attached hydrogen (secondary N) is 1. The SMILES string of the molecule is c1ccc(-c2nc(C3=NC(c4ccc(-c5ccccn5)nc4)=NC(c4ccccc4)N3)cc(-c3cc(-n4c5ccccc5c5ccccc54)cc(-n4c5ccccc5c5ccccc54)c3)n2)cc1. The molecule has 0 saturated heterocycles. The van der Waals surface area contributed by atoms with E-state index < -0.39 is 6.17 Å². The Morgan fingerprint density at radius 3 is 1.49 bits per heavy atom. The number of hydrogen-bond donors (Lipinski definition) is 1. The molecular weight excluding hydrogens is 835 g/mol. The smallest absolute Gasteiger partial charge is 0.161 e. The molecule has 320 valence electrons. The molecule has 5 aromatic heterocycles. The van der Waals surface area contributed by atoms with Crippen LogP contribution in [0.5, 0.6) is 0 Å². The van der Waals surface area contributed by atoms with Crippen molar-refractivity contribution in [2.24, 2.45) is 9.98 Å². The molecule has 0 amide bonds. The third-order valence-corrected chi connectivity index (χ3v) is 12.7. The molecule has 1 unspecified atom stereocenters. The third kappa shape index (κ3) is 6.80. The van der Waals surface area contributed by atoms with Gasteiger partial charge in [-0.25, -0.2) is 20.0 Å². The second-order valence-electron chi connectivity index (χ2n) is 16.8. The van der Waals surface area contributed by atoms with E-state index in [2.05, 4.69) is 147 Å². The summed E-state index contributed by atoms with van der Waals surface area (Å²) >= 11 is 0. The maximum absolute atomic E-state index is 5.40. The van der Waals surface area contributed by atoms with Crippen molar-refractivity contribution in [1.82, 2.24) is 34.4 Å². The minimum Gasteiger partial charge on any atom is -0.343 e. The first-order valence-electron chi connectivity index (χ1n) is 22.6. The van der Waals surface area contributed by atoms with Gasteiger partial charge in [0.15, 0.2) is 17.5 Å². The van der Waals surface area contributed by atoms with E-state index in [1.165, 1.54) is 21.5 Å². The molecule has 6 heterocycles. The van der Waals surface area contributed by atoms with E-state index in [4.69, 9.17) is 24.9 Å². The standard InChI is InChI=1S/C59H39N9/c1-3-17-38(18-4-1)56-62-50(36-51(63-56)59-65-57(39-19-5-2-6-20-39)64-58(66-59)40-30-31-49(61-37-40)48-25-15-16-32-60-48)41-33-42(67-52-26-11-7-21-44(52)45-22-8-12-27-53(45)67)35-43(34-41)68-54-28-13-9-23-46(54)47-24-10-14-29-55(47)68/h1-37,57H,(H,64,65,66). The maximum atomic E-state index is 5.40. The van der Waals surface area contributed by atoms with Crippen molar-refractivity contribution in [2.75, 3.05) is 0 Å². The van der Waals surface area contributed by atoms with Crippen molar-refractivity contribution in [2.45, 2.75) is 6.17 Å². The molecule has 68 heavy (non-hydrogen) atoms. The van der Waals surface area contributed by atoms with E-state index in [-0.39, 0.29) is 0 Å². The number of hydrogen-bond acceptors (Lipinski definition) is 7. The van der Waals surface area contributed by atoms with Crippen LogP contribution in [0.4, 0.5) is 0 Å². The van der Waals surface area contributed by atoms with Crippen molar-refractivity contribution >= 4 is 55.3 Å². The molecule has 7 aromatic carbocycles. The number of nitrogens with zero attached hydrogens (tertiary/aromatic N) is 8. The van der Waals surface area contributed by atoms with E-state index in [0.29, 0.717) is 23.2 Å². The molecule has 13 rings (SSSR count). The summed E-state index contributed by atoms with van der Waals surface area (Å²) in [7, 11) is 0. The molecular formula is C59H39N9. The van der Waals surface area contributed by atoms with Gasteiger partial charge in [-0.05, 0) is 78.4 Å². The number of amidine groups is 2. The average Bonchev–Trinajstić information content (AvgIpc) is 3.94. The number of aromatic nitrogens is 6. The van der Waals surface area contributed by atoms with Gasteiger partial charge < -0.3 is 14.5 Å². The van der Waals surface area contributed by atoms with Gasteiger partial charge in [0, 0.05) is 62.0 Å². The van der Waals surface area contributed by atoms with Gasteiger partial charge in [-0.15, -0.1) is 0 Å². The van der Waals surface area contributed by atoms with E-state index in [9.17, 15) is 0 Å². The lowest BCUT2D eigenvalue weighted by Crippen LogP contribution is -2.34. The zero-order valence-electron chi connectivity index (χ0n) is 36.5. The fourth-order valence-corrected chi connectivity index (χ4v) is 9.54. The molecule has 12 aromatic rings. The van der Waals surface area contributed by atoms with Crippen LogP contribution < -0.4 is 5.32 Å². The predicted molar refractivity (Wildman–Crippen MR) is 274 cm³/mol. The van der Waals surface area contributed by atoms with Crippen LogP contribution in [0.25, 0.3) is 89.0 Å². The second-order valence-corrected chi connectivity index (χ2v) is 16.8. The summed E-state index contributed by atoms with van der Waals surface area (Å²) in [6, 6.07) is 73.5. The molecule has 1 aliphatic heterocycles. The third-order valence-electron chi connectivity index (χ3n) is 12.7. The lowest BCUT2D eigenvalue weighted by molar-refractivity contribution is 0.672. The van der Waals surface area contributed by atoms with Gasteiger partial charge >= 0.3 is 0 Å². The Morgan fingerprint density at radius 1 is 0.397 bits per heavy atom. The van der Waals surface area contributed by atoms with Crippen molar-refractivity contribution in [1.29, 1.82) is 0 Å². The van der Waals surface area contributed by atoms with Crippen LogP contribution in [0.2, 0.25) is 0 Å². The summed E-state index contributed by atoms with van der Waals surface area (Å²) in [4.78, 5) is 30.4. The van der Waals surface area contributed by atoms with Crippen LogP contribution in [0.15, 0.2) is 235 Å². The van der Waals surface area contributed by atoms with Crippen LogP contribution in [0, 0.1) is 0 Å². The van der Waals surface area contributed by atoms with E-state index in [1.807, 2.05) is 91.1 Å². The van der Waals surface area contributed by atoms with Crippen LogP contribution in [-0.2, 0) is 0 Å².